The molecule has 90 valence electrons. The molecule has 0 aliphatic carbocycles. The summed E-state index contributed by atoms with van der Waals surface area (Å²) in [4.78, 5) is 4.71. The molecule has 0 unspecified atom stereocenters. The quantitative estimate of drug-likeness (QED) is 0.801. The first-order chi connectivity index (χ1) is 7.40. The Morgan fingerprint density at radius 3 is 2.31 bits per heavy atom. The third-order valence-electron chi connectivity index (χ3n) is 2.70. The normalized spacial score (nSPS) is 11.6. The van der Waals surface area contributed by atoms with Crippen molar-refractivity contribution in [2.45, 2.75) is 39.7 Å². The lowest BCUT2D eigenvalue weighted by Gasteiger charge is -2.23. The van der Waals surface area contributed by atoms with E-state index in [4.69, 9.17) is 15.5 Å². The van der Waals surface area contributed by atoms with Crippen molar-refractivity contribution in [2.75, 3.05) is 7.11 Å². The highest BCUT2D eigenvalue weighted by molar-refractivity contribution is 5.45. The zero-order valence-electron chi connectivity index (χ0n) is 10.8. The highest BCUT2D eigenvalue weighted by atomic mass is 16.6. The molecule has 0 aliphatic heterocycles. The van der Waals surface area contributed by atoms with Gasteiger partial charge in [0.25, 0.3) is 0 Å². The number of nitrogens with two attached hydrogens (primary N) is 1. The maximum atomic E-state index is 5.41. The lowest BCUT2D eigenvalue weighted by Crippen LogP contribution is -2.14. The Morgan fingerprint density at radius 2 is 1.88 bits per heavy atom. The molecule has 0 fully saturated rings. The molecule has 0 heterocycles. The summed E-state index contributed by atoms with van der Waals surface area (Å²) in [6.07, 6.45) is 0. The van der Waals surface area contributed by atoms with Gasteiger partial charge in [-0.1, -0.05) is 20.8 Å². The summed E-state index contributed by atoms with van der Waals surface area (Å²) in [6.45, 7) is 8.94. The minimum absolute atomic E-state index is 0.0440. The Bertz CT molecular complexity index is 367. The smallest absolute Gasteiger partial charge is 0.122 e. The third kappa shape index (κ3) is 2.74. The van der Waals surface area contributed by atoms with Crippen molar-refractivity contribution in [3.8, 4) is 5.75 Å². The second kappa shape index (κ2) is 4.85. The van der Waals surface area contributed by atoms with Crippen LogP contribution in [0, 0.1) is 6.92 Å². The first-order valence-corrected chi connectivity index (χ1v) is 5.40. The van der Waals surface area contributed by atoms with Crippen LogP contribution in [0.25, 0.3) is 0 Å². The van der Waals surface area contributed by atoms with Crippen LogP contribution >= 0.6 is 0 Å². The maximum Gasteiger partial charge on any atom is 0.122 e. The van der Waals surface area contributed by atoms with Gasteiger partial charge in [-0.2, -0.15) is 0 Å². The summed E-state index contributed by atoms with van der Waals surface area (Å²) in [5.41, 5.74) is 3.46. The predicted molar refractivity (Wildman–Crippen MR) is 65.4 cm³/mol. The van der Waals surface area contributed by atoms with Crippen molar-refractivity contribution in [3.63, 3.8) is 0 Å². The van der Waals surface area contributed by atoms with E-state index < -0.39 is 0 Å². The minimum atomic E-state index is 0.0440. The Labute approximate surface area is 97.5 Å². The van der Waals surface area contributed by atoms with Crippen molar-refractivity contribution < 1.29 is 9.57 Å². The molecule has 0 radical (unpaired) electrons. The standard InChI is InChI=1S/C13H21NO2/c1-9-6-12(15-5)11(13(2,3)4)7-10(9)8-16-14/h6-7H,8,14H2,1-5H3. The van der Waals surface area contributed by atoms with Gasteiger partial charge in [-0.3, -0.25) is 4.84 Å². The van der Waals surface area contributed by atoms with Crippen molar-refractivity contribution in [1.82, 2.24) is 0 Å². The van der Waals surface area contributed by atoms with Crippen LogP contribution in [0.15, 0.2) is 12.1 Å². The van der Waals surface area contributed by atoms with Gasteiger partial charge in [-0.15, -0.1) is 0 Å². The molecule has 0 saturated carbocycles. The Morgan fingerprint density at radius 1 is 1.25 bits per heavy atom. The van der Waals surface area contributed by atoms with Gasteiger partial charge in [0.1, 0.15) is 5.75 Å². The molecule has 0 atom stereocenters. The van der Waals surface area contributed by atoms with E-state index in [-0.39, 0.29) is 5.41 Å². The Kier molecular flexibility index (Phi) is 3.94. The highest BCUT2D eigenvalue weighted by Crippen LogP contribution is 2.33. The molecule has 0 amide bonds. The molecule has 0 aromatic heterocycles. The molecule has 2 N–H and O–H groups in total. The average Bonchev–Trinajstić information content (AvgIpc) is 2.19. The van der Waals surface area contributed by atoms with Crippen LogP contribution in [0.5, 0.6) is 5.75 Å². The summed E-state index contributed by atoms with van der Waals surface area (Å²) in [5.74, 6) is 6.05. The van der Waals surface area contributed by atoms with E-state index >= 15 is 0 Å². The SMILES string of the molecule is COc1cc(C)c(CON)cc1C(C)(C)C. The molecule has 1 aromatic carbocycles. The Balaban J connectivity index is 3.29. The zero-order valence-corrected chi connectivity index (χ0v) is 10.8. The third-order valence-corrected chi connectivity index (χ3v) is 2.70. The number of ether oxygens (including phenoxy) is 1. The fourth-order valence-corrected chi connectivity index (χ4v) is 1.73. The van der Waals surface area contributed by atoms with E-state index in [1.54, 1.807) is 7.11 Å². The molecule has 0 spiro atoms. The van der Waals surface area contributed by atoms with Crippen molar-refractivity contribution in [1.29, 1.82) is 0 Å². The van der Waals surface area contributed by atoms with Crippen molar-refractivity contribution in [2.24, 2.45) is 5.90 Å². The first-order valence-electron chi connectivity index (χ1n) is 5.40. The maximum absolute atomic E-state index is 5.41. The molecule has 1 rings (SSSR count). The second-order valence-corrected chi connectivity index (χ2v) is 5.04. The van der Waals surface area contributed by atoms with Crippen LogP contribution in [0.2, 0.25) is 0 Å². The zero-order chi connectivity index (χ0) is 12.3. The number of hydrogen-bond donors (Lipinski definition) is 1. The predicted octanol–water partition coefficient (Wildman–Crippen LogP) is 2.69. The van der Waals surface area contributed by atoms with Gasteiger partial charge in [0.15, 0.2) is 0 Å². The molecular formula is C13H21NO2. The molecule has 3 heteroatoms. The second-order valence-electron chi connectivity index (χ2n) is 5.04. The highest BCUT2D eigenvalue weighted by Gasteiger charge is 2.20. The number of aryl methyl sites for hydroxylation is 1. The molecule has 3 nitrogen and oxygen atoms in total. The summed E-state index contributed by atoms with van der Waals surface area (Å²) < 4.78 is 5.41. The average molecular weight is 223 g/mol. The van der Waals surface area contributed by atoms with Crippen LogP contribution in [0.3, 0.4) is 0 Å². The summed E-state index contributed by atoms with van der Waals surface area (Å²) in [5, 5.41) is 0. The molecule has 1 aromatic rings. The van der Waals surface area contributed by atoms with Crippen LogP contribution in [-0.2, 0) is 16.9 Å². The molecular weight excluding hydrogens is 202 g/mol. The summed E-state index contributed by atoms with van der Waals surface area (Å²) in [6, 6.07) is 4.15. The largest absolute Gasteiger partial charge is 0.496 e. The Hall–Kier alpha value is -1.06. The molecule has 16 heavy (non-hydrogen) atoms. The van der Waals surface area contributed by atoms with E-state index in [1.165, 1.54) is 5.56 Å². The first kappa shape index (κ1) is 13.0. The van der Waals surface area contributed by atoms with Crippen LogP contribution < -0.4 is 10.6 Å². The van der Waals surface area contributed by atoms with E-state index in [0.29, 0.717) is 6.61 Å². The van der Waals surface area contributed by atoms with E-state index in [2.05, 4.69) is 26.8 Å². The van der Waals surface area contributed by atoms with Gasteiger partial charge >= 0.3 is 0 Å². The number of hydrogen-bond acceptors (Lipinski definition) is 3. The van der Waals surface area contributed by atoms with Gasteiger partial charge in [-0.25, -0.2) is 5.90 Å². The van der Waals surface area contributed by atoms with E-state index in [1.807, 2.05) is 13.0 Å². The lowest BCUT2D eigenvalue weighted by atomic mass is 9.84. The molecule has 0 aliphatic rings. The van der Waals surface area contributed by atoms with Gasteiger partial charge in [-0.05, 0) is 41.2 Å². The minimum Gasteiger partial charge on any atom is -0.496 e. The fraction of sp³-hybridized carbons (Fsp3) is 0.538. The van der Waals surface area contributed by atoms with Crippen LogP contribution in [-0.4, -0.2) is 7.11 Å². The van der Waals surface area contributed by atoms with Crippen LogP contribution in [0.1, 0.15) is 37.5 Å². The number of rotatable bonds is 3. The lowest BCUT2D eigenvalue weighted by molar-refractivity contribution is 0.123. The topological polar surface area (TPSA) is 44.5 Å². The van der Waals surface area contributed by atoms with Crippen molar-refractivity contribution >= 4 is 0 Å². The molecule has 0 bridgehead atoms. The summed E-state index contributed by atoms with van der Waals surface area (Å²) >= 11 is 0. The van der Waals surface area contributed by atoms with Gasteiger partial charge in [0, 0.05) is 0 Å². The van der Waals surface area contributed by atoms with Gasteiger partial charge < -0.3 is 4.74 Å². The number of benzene rings is 1. The summed E-state index contributed by atoms with van der Waals surface area (Å²) in [7, 11) is 1.70. The van der Waals surface area contributed by atoms with E-state index in [9.17, 15) is 0 Å². The van der Waals surface area contributed by atoms with E-state index in [0.717, 1.165) is 16.9 Å². The van der Waals surface area contributed by atoms with Crippen molar-refractivity contribution in [3.05, 3.63) is 28.8 Å². The van der Waals surface area contributed by atoms with Gasteiger partial charge in [0.2, 0.25) is 0 Å². The molecule has 0 saturated heterocycles. The van der Waals surface area contributed by atoms with Crippen LogP contribution in [0.4, 0.5) is 0 Å². The monoisotopic (exact) mass is 223 g/mol. The fourth-order valence-electron chi connectivity index (χ4n) is 1.73. The number of methoxy groups -OCH3 is 1. The van der Waals surface area contributed by atoms with Gasteiger partial charge in [0.05, 0.1) is 13.7 Å².